The van der Waals surface area contributed by atoms with Gasteiger partial charge in [-0.05, 0) is 37.6 Å². The van der Waals surface area contributed by atoms with Crippen molar-refractivity contribution in [3.8, 4) is 0 Å². The molecule has 2 rings (SSSR count). The normalized spacial score (nSPS) is 23.2. The van der Waals surface area contributed by atoms with Crippen LogP contribution in [0.5, 0.6) is 0 Å². The third kappa shape index (κ3) is 4.66. The summed E-state index contributed by atoms with van der Waals surface area (Å²) in [7, 11) is 0. The average Bonchev–Trinajstić information content (AvgIpc) is 2.54. The first-order valence-corrected chi connectivity index (χ1v) is 8.39. The fourth-order valence-electron chi connectivity index (χ4n) is 3.68. The number of hydrogen-bond acceptors (Lipinski definition) is 4. The van der Waals surface area contributed by atoms with Crippen LogP contribution in [0.25, 0.3) is 0 Å². The molecule has 2 aliphatic rings. The van der Waals surface area contributed by atoms with Crippen LogP contribution in [0.3, 0.4) is 0 Å². The number of hydrogen-bond donors (Lipinski definition) is 2. The number of piperidine rings is 1. The van der Waals surface area contributed by atoms with E-state index in [0.717, 1.165) is 38.8 Å². The van der Waals surface area contributed by atoms with E-state index >= 15 is 0 Å². The number of amides is 1. The summed E-state index contributed by atoms with van der Waals surface area (Å²) in [5.74, 6) is 0.267. The molecular weight excluding hydrogens is 268 g/mol. The van der Waals surface area contributed by atoms with E-state index in [1.807, 2.05) is 4.90 Å². The highest BCUT2D eigenvalue weighted by Gasteiger charge is 2.35. The van der Waals surface area contributed by atoms with Crippen LogP contribution < -0.4 is 5.73 Å². The first-order valence-electron chi connectivity index (χ1n) is 8.39. The number of nitrogens with zero attached hydrogens (tertiary/aromatic N) is 1. The minimum absolute atomic E-state index is 0.0551. The SMILES string of the molecule is NCC1(CC(=O)N2CCC(OCCO)CC2)CCCCC1. The first-order chi connectivity index (χ1) is 10.2. The number of aliphatic hydroxyl groups excluding tert-OH is 1. The second-order valence-corrected chi connectivity index (χ2v) is 6.62. The quantitative estimate of drug-likeness (QED) is 0.774. The van der Waals surface area contributed by atoms with Crippen LogP contribution in [0.1, 0.15) is 51.4 Å². The van der Waals surface area contributed by atoms with Gasteiger partial charge in [-0.2, -0.15) is 0 Å². The molecule has 2 fully saturated rings. The fourth-order valence-corrected chi connectivity index (χ4v) is 3.68. The Morgan fingerprint density at radius 1 is 1.24 bits per heavy atom. The predicted molar refractivity (Wildman–Crippen MR) is 81.8 cm³/mol. The van der Waals surface area contributed by atoms with Gasteiger partial charge in [-0.1, -0.05) is 19.3 Å². The lowest BCUT2D eigenvalue weighted by molar-refractivity contribution is -0.137. The lowest BCUT2D eigenvalue weighted by Gasteiger charge is -2.39. The second kappa shape index (κ2) is 8.11. The van der Waals surface area contributed by atoms with Gasteiger partial charge in [0, 0.05) is 19.5 Å². The van der Waals surface area contributed by atoms with Gasteiger partial charge in [0.2, 0.25) is 5.91 Å². The Balaban J connectivity index is 1.78. The molecule has 1 heterocycles. The smallest absolute Gasteiger partial charge is 0.223 e. The van der Waals surface area contributed by atoms with Crippen molar-refractivity contribution in [2.75, 3.05) is 32.8 Å². The van der Waals surface area contributed by atoms with E-state index in [-0.39, 0.29) is 24.0 Å². The molecule has 1 aliphatic heterocycles. The molecular formula is C16H30N2O3. The molecule has 5 nitrogen and oxygen atoms in total. The summed E-state index contributed by atoms with van der Waals surface area (Å²) in [6.45, 7) is 2.65. The van der Waals surface area contributed by atoms with Crippen LogP contribution in [-0.4, -0.2) is 54.9 Å². The molecule has 1 saturated heterocycles. The highest BCUT2D eigenvalue weighted by atomic mass is 16.5. The topological polar surface area (TPSA) is 75.8 Å². The Bertz CT molecular complexity index is 321. The molecule has 3 N–H and O–H groups in total. The van der Waals surface area contributed by atoms with E-state index in [9.17, 15) is 4.79 Å². The first kappa shape index (κ1) is 16.7. The van der Waals surface area contributed by atoms with Crippen LogP contribution in [0.4, 0.5) is 0 Å². The number of ether oxygens (including phenoxy) is 1. The second-order valence-electron chi connectivity index (χ2n) is 6.62. The molecule has 0 aromatic carbocycles. The average molecular weight is 298 g/mol. The fraction of sp³-hybridized carbons (Fsp3) is 0.938. The van der Waals surface area contributed by atoms with E-state index in [2.05, 4.69) is 0 Å². The van der Waals surface area contributed by atoms with Gasteiger partial charge in [-0.25, -0.2) is 0 Å². The summed E-state index contributed by atoms with van der Waals surface area (Å²) in [6, 6.07) is 0. The third-order valence-electron chi connectivity index (χ3n) is 5.11. The third-order valence-corrected chi connectivity index (χ3v) is 5.11. The molecule has 21 heavy (non-hydrogen) atoms. The number of carbonyl (C=O) groups excluding carboxylic acids is 1. The molecule has 0 radical (unpaired) electrons. The van der Waals surface area contributed by atoms with Crippen molar-refractivity contribution in [3.05, 3.63) is 0 Å². The molecule has 0 aromatic rings. The van der Waals surface area contributed by atoms with E-state index < -0.39 is 0 Å². The molecule has 0 bridgehead atoms. The maximum atomic E-state index is 12.5. The summed E-state index contributed by atoms with van der Waals surface area (Å²) >= 11 is 0. The van der Waals surface area contributed by atoms with Gasteiger partial charge in [0.15, 0.2) is 0 Å². The Labute approximate surface area is 127 Å². The van der Waals surface area contributed by atoms with Crippen LogP contribution in [0, 0.1) is 5.41 Å². The molecule has 122 valence electrons. The minimum atomic E-state index is 0.0551. The summed E-state index contributed by atoms with van der Waals surface area (Å²) in [4.78, 5) is 14.5. The Morgan fingerprint density at radius 3 is 2.48 bits per heavy atom. The van der Waals surface area contributed by atoms with Gasteiger partial charge in [-0.15, -0.1) is 0 Å². The van der Waals surface area contributed by atoms with Gasteiger partial charge in [-0.3, -0.25) is 4.79 Å². The van der Waals surface area contributed by atoms with Crippen molar-refractivity contribution in [2.45, 2.75) is 57.5 Å². The Hall–Kier alpha value is -0.650. The molecule has 1 aliphatic carbocycles. The largest absolute Gasteiger partial charge is 0.394 e. The Morgan fingerprint density at radius 2 is 1.90 bits per heavy atom. The van der Waals surface area contributed by atoms with Gasteiger partial charge < -0.3 is 20.5 Å². The molecule has 0 aromatic heterocycles. The van der Waals surface area contributed by atoms with Crippen LogP contribution in [0.15, 0.2) is 0 Å². The summed E-state index contributed by atoms with van der Waals surface area (Å²) in [6.07, 6.45) is 8.47. The van der Waals surface area contributed by atoms with Crippen molar-refractivity contribution in [1.29, 1.82) is 0 Å². The van der Waals surface area contributed by atoms with Gasteiger partial charge in [0.05, 0.1) is 19.3 Å². The van der Waals surface area contributed by atoms with E-state index in [4.69, 9.17) is 15.6 Å². The van der Waals surface area contributed by atoms with Crippen molar-refractivity contribution in [3.63, 3.8) is 0 Å². The zero-order chi connectivity index (χ0) is 15.1. The summed E-state index contributed by atoms with van der Waals surface area (Å²) < 4.78 is 5.54. The van der Waals surface area contributed by atoms with Crippen molar-refractivity contribution < 1.29 is 14.6 Å². The number of aliphatic hydroxyl groups is 1. The minimum Gasteiger partial charge on any atom is -0.394 e. The lowest BCUT2D eigenvalue weighted by atomic mass is 9.71. The molecule has 5 heteroatoms. The van der Waals surface area contributed by atoms with Gasteiger partial charge in [0.1, 0.15) is 0 Å². The van der Waals surface area contributed by atoms with Gasteiger partial charge >= 0.3 is 0 Å². The molecule has 0 spiro atoms. The summed E-state index contributed by atoms with van der Waals surface area (Å²) in [5, 5.41) is 8.77. The van der Waals surface area contributed by atoms with Crippen molar-refractivity contribution >= 4 is 5.91 Å². The van der Waals surface area contributed by atoms with E-state index in [1.54, 1.807) is 0 Å². The maximum Gasteiger partial charge on any atom is 0.223 e. The van der Waals surface area contributed by atoms with Crippen molar-refractivity contribution in [1.82, 2.24) is 4.90 Å². The monoisotopic (exact) mass is 298 g/mol. The maximum absolute atomic E-state index is 12.5. The van der Waals surface area contributed by atoms with E-state index in [0.29, 0.717) is 19.6 Å². The molecule has 0 unspecified atom stereocenters. The van der Waals surface area contributed by atoms with E-state index in [1.165, 1.54) is 19.3 Å². The highest BCUT2D eigenvalue weighted by molar-refractivity contribution is 5.77. The lowest BCUT2D eigenvalue weighted by Crippen LogP contribution is -2.45. The zero-order valence-electron chi connectivity index (χ0n) is 13.1. The zero-order valence-corrected chi connectivity index (χ0v) is 13.1. The van der Waals surface area contributed by atoms with Crippen LogP contribution in [0.2, 0.25) is 0 Å². The number of rotatable bonds is 6. The molecule has 1 amide bonds. The predicted octanol–water partition coefficient (Wildman–Crippen LogP) is 1.29. The number of likely N-dealkylation sites (tertiary alicyclic amines) is 1. The van der Waals surface area contributed by atoms with Gasteiger partial charge in [0.25, 0.3) is 0 Å². The summed E-state index contributed by atoms with van der Waals surface area (Å²) in [5.41, 5.74) is 6.03. The number of carbonyl (C=O) groups is 1. The van der Waals surface area contributed by atoms with Crippen molar-refractivity contribution in [2.24, 2.45) is 11.1 Å². The molecule has 0 atom stereocenters. The van der Waals surface area contributed by atoms with Crippen LogP contribution in [-0.2, 0) is 9.53 Å². The standard InChI is InChI=1S/C16H30N2O3/c17-13-16(6-2-1-3-7-16)12-15(20)18-8-4-14(5-9-18)21-11-10-19/h14,19H,1-13,17H2. The highest BCUT2D eigenvalue weighted by Crippen LogP contribution is 2.39. The molecule has 1 saturated carbocycles. The van der Waals surface area contributed by atoms with Crippen LogP contribution >= 0.6 is 0 Å². The Kier molecular flexibility index (Phi) is 6.45. The number of nitrogens with two attached hydrogens (primary N) is 1.